The van der Waals surface area contributed by atoms with E-state index in [1.165, 1.54) is 31.3 Å². The summed E-state index contributed by atoms with van der Waals surface area (Å²) in [6.45, 7) is -0.632. The second kappa shape index (κ2) is 9.77. The van der Waals surface area contributed by atoms with Crippen LogP contribution in [0.5, 0.6) is 11.5 Å². The Morgan fingerprint density at radius 1 is 0.886 bits per heavy atom. The van der Waals surface area contributed by atoms with Gasteiger partial charge in [-0.15, -0.1) is 0 Å². The summed E-state index contributed by atoms with van der Waals surface area (Å²) < 4.78 is 38.2. The quantitative estimate of drug-likeness (QED) is 0.535. The van der Waals surface area contributed by atoms with Crippen molar-refractivity contribution in [2.45, 2.75) is 17.0 Å². The van der Waals surface area contributed by atoms with Gasteiger partial charge in [0.25, 0.3) is 0 Å². The molecule has 182 valence electrons. The normalized spacial score (nSPS) is 18.8. The zero-order valence-electron chi connectivity index (χ0n) is 19.1. The van der Waals surface area contributed by atoms with Crippen molar-refractivity contribution in [2.24, 2.45) is 0 Å². The third-order valence-corrected chi connectivity index (χ3v) is 7.70. The van der Waals surface area contributed by atoms with E-state index in [-0.39, 0.29) is 4.90 Å². The highest BCUT2D eigenvalue weighted by atomic mass is 32.2. The Bertz CT molecular complexity index is 1310. The van der Waals surface area contributed by atoms with Crippen LogP contribution in [0.15, 0.2) is 83.8 Å². The van der Waals surface area contributed by atoms with E-state index in [1.807, 2.05) is 0 Å². The molecule has 0 aliphatic carbocycles. The van der Waals surface area contributed by atoms with Crippen LogP contribution in [0, 0.1) is 0 Å². The van der Waals surface area contributed by atoms with E-state index in [0.717, 1.165) is 4.31 Å². The zero-order chi connectivity index (χ0) is 25.2. The Hall–Kier alpha value is -3.89. The highest BCUT2D eigenvalue weighted by Gasteiger charge is 2.51. The predicted octanol–water partition coefficient (Wildman–Crippen LogP) is 2.94. The lowest BCUT2D eigenvalue weighted by molar-refractivity contribution is -0.144. The smallest absolute Gasteiger partial charge is 0.324 e. The van der Waals surface area contributed by atoms with Crippen molar-refractivity contribution >= 4 is 27.6 Å². The number of carbonyl (C=O) groups is 2. The van der Waals surface area contributed by atoms with Gasteiger partial charge in [0.2, 0.25) is 15.9 Å². The van der Waals surface area contributed by atoms with Crippen LogP contribution in [-0.4, -0.2) is 56.5 Å². The van der Waals surface area contributed by atoms with Crippen molar-refractivity contribution in [3.8, 4) is 11.5 Å². The molecule has 2 atom stereocenters. The molecule has 1 amide bonds. The number of carboxylic acids is 1. The largest absolute Gasteiger partial charge is 0.497 e. The van der Waals surface area contributed by atoms with Crippen LogP contribution in [0.25, 0.3) is 0 Å². The minimum Gasteiger partial charge on any atom is -0.497 e. The van der Waals surface area contributed by atoms with Crippen LogP contribution in [0.2, 0.25) is 0 Å². The molecule has 2 unspecified atom stereocenters. The number of piperazine rings is 1. The van der Waals surface area contributed by atoms with Gasteiger partial charge in [-0.05, 0) is 54.1 Å². The van der Waals surface area contributed by atoms with Crippen LogP contribution in [-0.2, 0) is 19.6 Å². The molecule has 1 N–H and O–H groups in total. The number of hydrogen-bond acceptors (Lipinski definition) is 6. The number of carbonyl (C=O) groups excluding carboxylic acids is 1. The van der Waals surface area contributed by atoms with Gasteiger partial charge < -0.3 is 19.5 Å². The molecule has 1 fully saturated rings. The fraction of sp³-hybridized carbons (Fsp3) is 0.200. The molecular weight excluding hydrogens is 472 g/mol. The fourth-order valence-electron chi connectivity index (χ4n) is 4.16. The number of amides is 1. The molecule has 10 heteroatoms. The number of carboxylic acid groups (broad SMARTS) is 1. The topological polar surface area (TPSA) is 113 Å². The van der Waals surface area contributed by atoms with Gasteiger partial charge >= 0.3 is 5.97 Å². The summed E-state index contributed by atoms with van der Waals surface area (Å²) in [7, 11) is -1.29. The van der Waals surface area contributed by atoms with Gasteiger partial charge in [-0.3, -0.25) is 9.59 Å². The highest BCUT2D eigenvalue weighted by molar-refractivity contribution is 7.89. The van der Waals surface area contributed by atoms with Crippen LogP contribution < -0.4 is 14.4 Å². The Morgan fingerprint density at radius 3 is 1.94 bits per heavy atom. The average molecular weight is 497 g/mol. The van der Waals surface area contributed by atoms with Gasteiger partial charge in [0.05, 0.1) is 31.7 Å². The van der Waals surface area contributed by atoms with Crippen molar-refractivity contribution in [3.63, 3.8) is 0 Å². The van der Waals surface area contributed by atoms with E-state index in [2.05, 4.69) is 0 Å². The number of anilines is 1. The van der Waals surface area contributed by atoms with E-state index in [1.54, 1.807) is 66.7 Å². The molecule has 0 aromatic heterocycles. The maximum Gasteiger partial charge on any atom is 0.324 e. The first-order chi connectivity index (χ1) is 16.8. The second-order valence-corrected chi connectivity index (χ2v) is 9.72. The number of hydrogen-bond donors (Lipinski definition) is 1. The lowest BCUT2D eigenvalue weighted by Crippen LogP contribution is -2.62. The van der Waals surface area contributed by atoms with E-state index in [4.69, 9.17) is 9.47 Å². The van der Waals surface area contributed by atoms with Crippen molar-refractivity contribution in [3.05, 3.63) is 84.4 Å². The summed E-state index contributed by atoms with van der Waals surface area (Å²) in [6, 6.07) is 17.8. The van der Waals surface area contributed by atoms with Gasteiger partial charge in [0.1, 0.15) is 17.5 Å². The van der Waals surface area contributed by atoms with Crippen LogP contribution in [0.4, 0.5) is 5.69 Å². The molecule has 0 saturated carbocycles. The van der Waals surface area contributed by atoms with Crippen LogP contribution in [0.1, 0.15) is 11.6 Å². The number of nitrogens with zero attached hydrogens (tertiary/aromatic N) is 2. The lowest BCUT2D eigenvalue weighted by Gasteiger charge is -2.44. The molecule has 9 nitrogen and oxygen atoms in total. The summed E-state index contributed by atoms with van der Waals surface area (Å²) in [5.41, 5.74) is 0.856. The van der Waals surface area contributed by atoms with Crippen molar-refractivity contribution in [1.29, 1.82) is 0 Å². The molecular formula is C25H24N2O7S. The third-order valence-electron chi connectivity index (χ3n) is 5.86. The number of methoxy groups -OCH3 is 2. The average Bonchev–Trinajstić information content (AvgIpc) is 2.88. The summed E-state index contributed by atoms with van der Waals surface area (Å²) in [5.74, 6) is -0.848. The SMILES string of the molecule is COc1ccc(C2C(C(=O)O)N(S(=O)(=O)c3ccccc3)CC(=O)N2c2ccc(OC)cc2)cc1. The Labute approximate surface area is 203 Å². The lowest BCUT2D eigenvalue weighted by atomic mass is 9.94. The van der Waals surface area contributed by atoms with Crippen molar-refractivity contribution < 1.29 is 32.6 Å². The molecule has 3 aromatic rings. The summed E-state index contributed by atoms with van der Waals surface area (Å²) in [5, 5.41) is 10.3. The van der Waals surface area contributed by atoms with Gasteiger partial charge in [0.15, 0.2) is 0 Å². The van der Waals surface area contributed by atoms with Crippen molar-refractivity contribution in [1.82, 2.24) is 4.31 Å². The zero-order valence-corrected chi connectivity index (χ0v) is 19.9. The minimum atomic E-state index is -4.30. The number of sulfonamides is 1. The van der Waals surface area contributed by atoms with Gasteiger partial charge in [0, 0.05) is 5.69 Å². The molecule has 0 bridgehead atoms. The molecule has 1 aliphatic rings. The molecule has 0 spiro atoms. The predicted molar refractivity (Wildman–Crippen MR) is 128 cm³/mol. The Balaban J connectivity index is 1.89. The van der Waals surface area contributed by atoms with E-state index in [9.17, 15) is 23.1 Å². The fourth-order valence-corrected chi connectivity index (χ4v) is 5.72. The minimum absolute atomic E-state index is 0.0922. The van der Waals surface area contributed by atoms with Gasteiger partial charge in [-0.25, -0.2) is 8.42 Å². The molecule has 1 saturated heterocycles. The first-order valence-electron chi connectivity index (χ1n) is 10.7. The van der Waals surface area contributed by atoms with Crippen LogP contribution in [0.3, 0.4) is 0 Å². The van der Waals surface area contributed by atoms with Gasteiger partial charge in [-0.2, -0.15) is 4.31 Å². The molecule has 1 aliphatic heterocycles. The number of rotatable bonds is 7. The molecule has 0 radical (unpaired) electrons. The Morgan fingerprint density at radius 2 is 1.43 bits per heavy atom. The first kappa shape index (κ1) is 24.2. The standard InChI is InChI=1S/C25H24N2O7S/c1-33-19-12-8-17(9-13-19)23-24(25(29)30)26(35(31,32)21-6-4-3-5-7-21)16-22(28)27(23)18-10-14-20(34-2)15-11-18/h3-15,23-24H,16H2,1-2H3,(H,29,30). The monoisotopic (exact) mass is 496 g/mol. The number of ether oxygens (including phenoxy) is 2. The van der Waals surface area contributed by atoms with Crippen molar-refractivity contribution in [2.75, 3.05) is 25.7 Å². The number of aliphatic carboxylic acids is 1. The number of benzene rings is 3. The summed E-state index contributed by atoms with van der Waals surface area (Å²) in [4.78, 5) is 27.4. The van der Waals surface area contributed by atoms with Gasteiger partial charge in [-0.1, -0.05) is 30.3 Å². The molecule has 4 rings (SSSR count). The second-order valence-electron chi connectivity index (χ2n) is 7.83. The maximum atomic E-state index is 13.5. The maximum absolute atomic E-state index is 13.5. The molecule has 35 heavy (non-hydrogen) atoms. The summed E-state index contributed by atoms with van der Waals surface area (Å²) in [6.07, 6.45) is 0. The van der Waals surface area contributed by atoms with E-state index >= 15 is 0 Å². The first-order valence-corrected chi connectivity index (χ1v) is 12.1. The Kier molecular flexibility index (Phi) is 6.77. The van der Waals surface area contributed by atoms with Crippen LogP contribution >= 0.6 is 0 Å². The third kappa shape index (κ3) is 4.58. The molecule has 3 aromatic carbocycles. The highest BCUT2D eigenvalue weighted by Crippen LogP contribution is 2.39. The van der Waals surface area contributed by atoms with E-state index < -0.39 is 40.5 Å². The van der Waals surface area contributed by atoms with E-state index in [0.29, 0.717) is 22.7 Å². The molecule has 1 heterocycles. The summed E-state index contributed by atoms with van der Waals surface area (Å²) >= 11 is 0.